The standard InChI is InChI=1S/C19H23FN4O6/c1-19(2,3)21-14(25)9-23(4)15(26)11-29-16(27)10-24-18(28)30-17(22-24)12-5-7-13(20)8-6-12/h5-8H,9-11H2,1-4H3,(H,21,25). The molecule has 2 rings (SSSR count). The monoisotopic (exact) mass is 422 g/mol. The number of carbonyl (C=O) groups excluding carboxylic acids is 3. The van der Waals surface area contributed by atoms with Gasteiger partial charge in [0.05, 0.1) is 6.54 Å². The highest BCUT2D eigenvalue weighted by Gasteiger charge is 2.20. The van der Waals surface area contributed by atoms with E-state index in [1.165, 1.54) is 31.3 Å². The van der Waals surface area contributed by atoms with Gasteiger partial charge in [-0.3, -0.25) is 14.4 Å². The third-order valence-corrected chi connectivity index (χ3v) is 3.65. The van der Waals surface area contributed by atoms with E-state index in [2.05, 4.69) is 10.4 Å². The molecule has 10 nitrogen and oxygen atoms in total. The van der Waals surface area contributed by atoms with E-state index in [4.69, 9.17) is 9.15 Å². The predicted molar refractivity (Wildman–Crippen MR) is 103 cm³/mol. The normalized spacial score (nSPS) is 11.1. The van der Waals surface area contributed by atoms with Crippen LogP contribution in [0.3, 0.4) is 0 Å². The molecule has 1 heterocycles. The minimum atomic E-state index is -0.909. The number of nitrogens with zero attached hydrogens (tertiary/aromatic N) is 3. The molecule has 0 bridgehead atoms. The fraction of sp³-hybridized carbons (Fsp3) is 0.421. The average molecular weight is 422 g/mol. The predicted octanol–water partition coefficient (Wildman–Crippen LogP) is 0.559. The molecule has 0 radical (unpaired) electrons. The van der Waals surface area contributed by atoms with Crippen LogP contribution in [0.5, 0.6) is 0 Å². The summed E-state index contributed by atoms with van der Waals surface area (Å²) in [4.78, 5) is 48.7. The minimum Gasteiger partial charge on any atom is -0.454 e. The molecule has 0 unspecified atom stereocenters. The molecule has 2 aromatic rings. The van der Waals surface area contributed by atoms with Gasteiger partial charge in [-0.2, -0.15) is 4.68 Å². The van der Waals surface area contributed by atoms with Gasteiger partial charge < -0.3 is 19.4 Å². The number of amides is 2. The van der Waals surface area contributed by atoms with Crippen LogP contribution in [0.2, 0.25) is 0 Å². The number of halogens is 1. The van der Waals surface area contributed by atoms with Gasteiger partial charge in [0.2, 0.25) is 11.8 Å². The molecule has 0 saturated carbocycles. The zero-order chi connectivity index (χ0) is 22.5. The van der Waals surface area contributed by atoms with Gasteiger partial charge in [0, 0.05) is 18.2 Å². The minimum absolute atomic E-state index is 0.0894. The van der Waals surface area contributed by atoms with Crippen molar-refractivity contribution in [3.05, 3.63) is 40.6 Å². The van der Waals surface area contributed by atoms with Crippen molar-refractivity contribution < 1.29 is 27.9 Å². The van der Waals surface area contributed by atoms with E-state index in [0.29, 0.717) is 5.56 Å². The van der Waals surface area contributed by atoms with Crippen LogP contribution in [0.25, 0.3) is 11.5 Å². The summed E-state index contributed by atoms with van der Waals surface area (Å²) in [5.41, 5.74) is -0.0867. The maximum atomic E-state index is 13.0. The molecule has 30 heavy (non-hydrogen) atoms. The molecule has 1 N–H and O–H groups in total. The molecule has 1 aromatic carbocycles. The summed E-state index contributed by atoms with van der Waals surface area (Å²) in [6.45, 7) is 4.05. The van der Waals surface area contributed by atoms with E-state index < -0.39 is 42.1 Å². The molecule has 162 valence electrons. The van der Waals surface area contributed by atoms with E-state index in [9.17, 15) is 23.6 Å². The lowest BCUT2D eigenvalue weighted by Gasteiger charge is -2.23. The van der Waals surface area contributed by atoms with Gasteiger partial charge in [-0.15, -0.1) is 5.10 Å². The van der Waals surface area contributed by atoms with Crippen molar-refractivity contribution in [3.8, 4) is 11.5 Å². The topological polar surface area (TPSA) is 124 Å². The van der Waals surface area contributed by atoms with Crippen LogP contribution >= 0.6 is 0 Å². The zero-order valence-electron chi connectivity index (χ0n) is 17.1. The highest BCUT2D eigenvalue weighted by Crippen LogP contribution is 2.15. The Morgan fingerprint density at radius 1 is 1.23 bits per heavy atom. The fourth-order valence-corrected chi connectivity index (χ4v) is 2.30. The molecule has 0 aliphatic rings. The molecule has 0 fully saturated rings. The van der Waals surface area contributed by atoms with Crippen molar-refractivity contribution in [2.75, 3.05) is 20.2 Å². The molecule has 1 aromatic heterocycles. The summed E-state index contributed by atoms with van der Waals surface area (Å²) >= 11 is 0. The van der Waals surface area contributed by atoms with Crippen LogP contribution in [0, 0.1) is 5.82 Å². The first kappa shape index (κ1) is 22.8. The number of aromatic nitrogens is 2. The van der Waals surface area contributed by atoms with Crippen LogP contribution in [0.15, 0.2) is 33.5 Å². The smallest absolute Gasteiger partial charge is 0.437 e. The fourth-order valence-electron chi connectivity index (χ4n) is 2.30. The summed E-state index contributed by atoms with van der Waals surface area (Å²) < 4.78 is 23.5. The summed E-state index contributed by atoms with van der Waals surface area (Å²) in [5.74, 6) is -3.30. The van der Waals surface area contributed by atoms with E-state index in [1.807, 2.05) is 20.8 Å². The van der Waals surface area contributed by atoms with E-state index >= 15 is 0 Å². The number of hydrogen-bond donors (Lipinski definition) is 1. The third-order valence-electron chi connectivity index (χ3n) is 3.65. The number of ether oxygens (including phenoxy) is 1. The number of esters is 1. The summed E-state index contributed by atoms with van der Waals surface area (Å²) in [6.07, 6.45) is 0. The first-order valence-electron chi connectivity index (χ1n) is 8.99. The Hall–Kier alpha value is -3.50. The number of carbonyl (C=O) groups is 3. The largest absolute Gasteiger partial charge is 0.454 e. The molecule has 11 heteroatoms. The second kappa shape index (κ2) is 9.33. The SMILES string of the molecule is CN(CC(=O)NC(C)(C)C)C(=O)COC(=O)Cn1nc(-c2ccc(F)cc2)oc1=O. The van der Waals surface area contributed by atoms with Gasteiger partial charge in [0.1, 0.15) is 12.4 Å². The second-order valence-electron chi connectivity index (χ2n) is 7.55. The molecule has 0 aliphatic heterocycles. The molecular formula is C19H23FN4O6. The first-order chi connectivity index (χ1) is 13.9. The molecular weight excluding hydrogens is 399 g/mol. The highest BCUT2D eigenvalue weighted by atomic mass is 19.1. The van der Waals surface area contributed by atoms with Crippen LogP contribution < -0.4 is 11.1 Å². The Morgan fingerprint density at radius 2 is 1.87 bits per heavy atom. The van der Waals surface area contributed by atoms with Gasteiger partial charge in [0.25, 0.3) is 5.91 Å². The maximum Gasteiger partial charge on any atom is 0.437 e. The van der Waals surface area contributed by atoms with Gasteiger partial charge >= 0.3 is 11.7 Å². The number of rotatable bonds is 7. The molecule has 2 amide bonds. The summed E-state index contributed by atoms with van der Waals surface area (Å²) in [5, 5.41) is 6.56. The van der Waals surface area contributed by atoms with E-state index in [-0.39, 0.29) is 18.3 Å². The van der Waals surface area contributed by atoms with Crippen molar-refractivity contribution in [1.29, 1.82) is 0 Å². The van der Waals surface area contributed by atoms with Crippen LogP contribution in [0.4, 0.5) is 4.39 Å². The summed E-state index contributed by atoms with van der Waals surface area (Å²) in [7, 11) is 1.40. The Morgan fingerprint density at radius 3 is 2.47 bits per heavy atom. The number of hydrogen-bond acceptors (Lipinski definition) is 7. The van der Waals surface area contributed by atoms with Crippen molar-refractivity contribution in [1.82, 2.24) is 20.0 Å². The van der Waals surface area contributed by atoms with E-state index in [1.54, 1.807) is 0 Å². The van der Waals surface area contributed by atoms with Crippen LogP contribution in [-0.4, -0.2) is 58.2 Å². The van der Waals surface area contributed by atoms with Crippen LogP contribution in [-0.2, 0) is 25.7 Å². The van der Waals surface area contributed by atoms with Crippen molar-refractivity contribution in [3.63, 3.8) is 0 Å². The number of benzene rings is 1. The van der Waals surface area contributed by atoms with Gasteiger partial charge in [-0.1, -0.05) is 0 Å². The van der Waals surface area contributed by atoms with E-state index in [0.717, 1.165) is 9.58 Å². The highest BCUT2D eigenvalue weighted by molar-refractivity contribution is 5.86. The van der Waals surface area contributed by atoms with Crippen LogP contribution in [0.1, 0.15) is 20.8 Å². The quantitative estimate of drug-likeness (QED) is 0.647. The second-order valence-corrected chi connectivity index (χ2v) is 7.55. The summed E-state index contributed by atoms with van der Waals surface area (Å²) in [6, 6.07) is 5.08. The lowest BCUT2D eigenvalue weighted by atomic mass is 10.1. The lowest BCUT2D eigenvalue weighted by Crippen LogP contribution is -2.47. The molecule has 0 aliphatic carbocycles. The van der Waals surface area contributed by atoms with Crippen molar-refractivity contribution >= 4 is 17.8 Å². The van der Waals surface area contributed by atoms with Gasteiger partial charge in [-0.25, -0.2) is 9.18 Å². The molecule has 0 saturated heterocycles. The molecule has 0 atom stereocenters. The van der Waals surface area contributed by atoms with Gasteiger partial charge in [-0.05, 0) is 45.0 Å². The third kappa shape index (κ3) is 6.83. The maximum absolute atomic E-state index is 13.0. The Balaban J connectivity index is 1.87. The Bertz CT molecular complexity index is 974. The van der Waals surface area contributed by atoms with Crippen molar-refractivity contribution in [2.45, 2.75) is 32.9 Å². The lowest BCUT2D eigenvalue weighted by molar-refractivity contribution is -0.152. The number of likely N-dealkylation sites (N-methyl/N-ethyl adjacent to an activating group) is 1. The van der Waals surface area contributed by atoms with Crippen molar-refractivity contribution in [2.24, 2.45) is 0 Å². The first-order valence-corrected chi connectivity index (χ1v) is 8.99. The Kier molecular flexibility index (Phi) is 7.09. The average Bonchev–Trinajstić information content (AvgIpc) is 2.99. The zero-order valence-corrected chi connectivity index (χ0v) is 17.1. The van der Waals surface area contributed by atoms with Gasteiger partial charge in [0.15, 0.2) is 6.61 Å². The Labute approximate surface area is 171 Å². The molecule has 0 spiro atoms. The number of nitrogens with one attached hydrogen (secondary N) is 1.